The fourth-order valence-electron chi connectivity index (χ4n) is 4.58. The molecule has 0 radical (unpaired) electrons. The summed E-state index contributed by atoms with van der Waals surface area (Å²) < 4.78 is 57.6. The van der Waals surface area contributed by atoms with Crippen LogP contribution in [-0.2, 0) is 17.6 Å². The minimum atomic E-state index is -4.51. The summed E-state index contributed by atoms with van der Waals surface area (Å²) >= 11 is 0. The number of halogens is 4. The highest BCUT2D eigenvalue weighted by Gasteiger charge is 2.36. The van der Waals surface area contributed by atoms with Crippen molar-refractivity contribution >= 4 is 24.5 Å². The van der Waals surface area contributed by atoms with Gasteiger partial charge < -0.3 is 19.3 Å². The third kappa shape index (κ3) is 6.90. The van der Waals surface area contributed by atoms with Crippen LogP contribution in [-0.4, -0.2) is 48.3 Å². The number of benzene rings is 2. The fourth-order valence-corrected chi connectivity index (χ4v) is 4.58. The number of likely N-dealkylation sites (tertiary alicyclic amines) is 1. The number of nitrogens with zero attached hydrogens (tertiary/aromatic N) is 1. The lowest BCUT2D eigenvalue weighted by molar-refractivity contribution is -0.143. The Morgan fingerprint density at radius 2 is 1.95 bits per heavy atom. The monoisotopic (exact) mass is 539 g/mol. The lowest BCUT2D eigenvalue weighted by atomic mass is 9.97. The maximum absolute atomic E-state index is 13.5. The first-order chi connectivity index (χ1) is 17.2. The van der Waals surface area contributed by atoms with Crippen molar-refractivity contribution in [1.29, 1.82) is 0 Å². The van der Waals surface area contributed by atoms with Crippen LogP contribution >= 0.6 is 12.4 Å². The number of carboxylic acids is 1. The van der Waals surface area contributed by atoms with Gasteiger partial charge in [0.05, 0.1) is 17.6 Å². The molecule has 0 amide bonds. The standard InChI is InChI=1S/C27H28F3NO5.ClH/c28-27(29,30)23-11-17(3-8-24(23)36-21-6-7-21)15-34-22-5-4-19-10-18(16-35-25(19)12-22)13-31-9-1-2-20(14-31)26(32)33;/h3-5,8,10-12,20-21H,1-2,6-7,9,13-16H2,(H,32,33);1H/t20-;/m1./s1. The number of aliphatic carboxylic acids is 1. The van der Waals surface area contributed by atoms with E-state index in [0.29, 0.717) is 43.2 Å². The molecule has 37 heavy (non-hydrogen) atoms. The predicted octanol–water partition coefficient (Wildman–Crippen LogP) is 5.82. The van der Waals surface area contributed by atoms with Crippen molar-refractivity contribution in [2.24, 2.45) is 5.92 Å². The molecule has 1 saturated heterocycles. The summed E-state index contributed by atoms with van der Waals surface area (Å²) in [7, 11) is 0. The second kappa shape index (κ2) is 11.2. The molecule has 0 aromatic heterocycles. The van der Waals surface area contributed by atoms with E-state index in [-0.39, 0.29) is 36.8 Å². The number of hydrogen-bond donors (Lipinski definition) is 1. The van der Waals surface area contributed by atoms with Gasteiger partial charge in [-0.25, -0.2) is 0 Å². The molecule has 0 unspecified atom stereocenters. The van der Waals surface area contributed by atoms with Crippen LogP contribution in [0.15, 0.2) is 42.0 Å². The molecule has 2 aromatic carbocycles. The Kier molecular flexibility index (Phi) is 8.23. The normalized spacial score (nSPS) is 19.6. The minimum Gasteiger partial charge on any atom is -0.490 e. The molecule has 5 rings (SSSR count). The van der Waals surface area contributed by atoms with Crippen molar-refractivity contribution < 1.29 is 37.3 Å². The molecule has 6 nitrogen and oxygen atoms in total. The van der Waals surface area contributed by atoms with E-state index in [2.05, 4.69) is 4.90 Å². The number of piperidine rings is 1. The van der Waals surface area contributed by atoms with E-state index in [9.17, 15) is 23.1 Å². The van der Waals surface area contributed by atoms with Crippen LogP contribution < -0.4 is 14.2 Å². The maximum Gasteiger partial charge on any atom is 0.419 e. The van der Waals surface area contributed by atoms with Gasteiger partial charge in [-0.15, -0.1) is 12.4 Å². The Labute approximate surface area is 219 Å². The Hall–Kier alpha value is -2.91. The third-order valence-corrected chi connectivity index (χ3v) is 6.61. The van der Waals surface area contributed by atoms with Crippen molar-refractivity contribution in [2.75, 3.05) is 26.2 Å². The molecule has 2 aromatic rings. The lowest BCUT2D eigenvalue weighted by Gasteiger charge is -2.32. The Morgan fingerprint density at radius 3 is 2.68 bits per heavy atom. The van der Waals surface area contributed by atoms with Crippen LogP contribution in [0, 0.1) is 5.92 Å². The first-order valence-electron chi connectivity index (χ1n) is 12.2. The van der Waals surface area contributed by atoms with Crippen LogP contribution in [0.1, 0.15) is 42.4 Å². The summed E-state index contributed by atoms with van der Waals surface area (Å²) in [5.41, 5.74) is 1.56. The highest BCUT2D eigenvalue weighted by molar-refractivity contribution is 5.85. The minimum absolute atomic E-state index is 0. The van der Waals surface area contributed by atoms with Gasteiger partial charge in [-0.05, 0) is 73.7 Å². The number of fused-ring (bicyclic) bond motifs is 1. The van der Waals surface area contributed by atoms with Crippen LogP contribution in [0.3, 0.4) is 0 Å². The van der Waals surface area contributed by atoms with Gasteiger partial charge in [-0.1, -0.05) is 6.07 Å². The van der Waals surface area contributed by atoms with E-state index in [1.54, 1.807) is 18.2 Å². The molecule has 1 aliphatic carbocycles. The van der Waals surface area contributed by atoms with Gasteiger partial charge in [0.2, 0.25) is 0 Å². The molecular formula is C27H29ClF3NO5. The zero-order valence-electron chi connectivity index (χ0n) is 20.1. The summed E-state index contributed by atoms with van der Waals surface area (Å²) in [5, 5.41) is 9.30. The summed E-state index contributed by atoms with van der Waals surface area (Å²) in [6.45, 7) is 2.43. The van der Waals surface area contributed by atoms with Gasteiger partial charge in [0.25, 0.3) is 0 Å². The number of carbonyl (C=O) groups is 1. The van der Waals surface area contributed by atoms with E-state index >= 15 is 0 Å². The second-order valence-corrected chi connectivity index (χ2v) is 9.64. The highest BCUT2D eigenvalue weighted by Crippen LogP contribution is 2.39. The van der Waals surface area contributed by atoms with Crippen LogP contribution in [0.4, 0.5) is 13.2 Å². The summed E-state index contributed by atoms with van der Waals surface area (Å²) in [4.78, 5) is 13.5. The molecule has 0 bridgehead atoms. The smallest absolute Gasteiger partial charge is 0.419 e. The summed E-state index contributed by atoms with van der Waals surface area (Å²) in [6.07, 6.45) is 0.547. The van der Waals surface area contributed by atoms with E-state index in [0.717, 1.165) is 43.0 Å². The molecule has 3 aliphatic rings. The molecule has 1 atom stereocenters. The van der Waals surface area contributed by atoms with Crippen LogP contribution in [0.25, 0.3) is 6.08 Å². The molecule has 2 aliphatic heterocycles. The first-order valence-corrected chi connectivity index (χ1v) is 12.2. The number of alkyl halides is 3. The molecule has 200 valence electrons. The first kappa shape index (κ1) is 27.1. The lowest BCUT2D eigenvalue weighted by Crippen LogP contribution is -2.40. The Balaban J connectivity index is 0.00000320. The van der Waals surface area contributed by atoms with Gasteiger partial charge >= 0.3 is 12.1 Å². The molecule has 2 fully saturated rings. The topological polar surface area (TPSA) is 68.2 Å². The Morgan fingerprint density at radius 1 is 1.14 bits per heavy atom. The largest absolute Gasteiger partial charge is 0.490 e. The van der Waals surface area contributed by atoms with Crippen LogP contribution in [0.2, 0.25) is 0 Å². The molecular weight excluding hydrogens is 511 g/mol. The van der Waals surface area contributed by atoms with E-state index in [1.165, 1.54) is 6.07 Å². The number of ether oxygens (including phenoxy) is 3. The van der Waals surface area contributed by atoms with E-state index < -0.39 is 17.7 Å². The van der Waals surface area contributed by atoms with Crippen molar-refractivity contribution in [2.45, 2.75) is 44.6 Å². The third-order valence-electron chi connectivity index (χ3n) is 6.61. The fraction of sp³-hybridized carbons (Fsp3) is 0.444. The molecule has 1 saturated carbocycles. The number of carboxylic acid groups (broad SMARTS) is 1. The van der Waals surface area contributed by atoms with Gasteiger partial charge in [0, 0.05) is 24.7 Å². The van der Waals surface area contributed by atoms with Gasteiger partial charge in [-0.2, -0.15) is 13.2 Å². The average Bonchev–Trinajstić information content (AvgIpc) is 3.67. The van der Waals surface area contributed by atoms with Gasteiger partial charge in [-0.3, -0.25) is 9.69 Å². The zero-order chi connectivity index (χ0) is 25.3. The number of hydrogen-bond acceptors (Lipinski definition) is 5. The van der Waals surface area contributed by atoms with Crippen molar-refractivity contribution in [3.05, 3.63) is 58.7 Å². The average molecular weight is 540 g/mol. The van der Waals surface area contributed by atoms with Crippen molar-refractivity contribution in [1.82, 2.24) is 4.90 Å². The van der Waals surface area contributed by atoms with Crippen LogP contribution in [0.5, 0.6) is 17.2 Å². The van der Waals surface area contributed by atoms with Gasteiger partial charge in [0.15, 0.2) is 0 Å². The SMILES string of the molecule is Cl.O=C(O)[C@@H]1CCCN(CC2=Cc3ccc(OCc4ccc(OC5CC5)c(C(F)(F)F)c4)cc3OC2)C1. The van der Waals surface area contributed by atoms with E-state index in [4.69, 9.17) is 14.2 Å². The highest BCUT2D eigenvalue weighted by atomic mass is 35.5. The molecule has 2 heterocycles. The Bertz CT molecular complexity index is 1170. The predicted molar refractivity (Wildman–Crippen MR) is 133 cm³/mol. The van der Waals surface area contributed by atoms with E-state index in [1.807, 2.05) is 12.1 Å². The summed E-state index contributed by atoms with van der Waals surface area (Å²) in [5.74, 6) is -0.0737. The molecule has 1 N–H and O–H groups in total. The molecule has 0 spiro atoms. The zero-order valence-corrected chi connectivity index (χ0v) is 20.9. The summed E-state index contributed by atoms with van der Waals surface area (Å²) in [6, 6.07) is 9.39. The van der Waals surface area contributed by atoms with Crippen molar-refractivity contribution in [3.63, 3.8) is 0 Å². The van der Waals surface area contributed by atoms with Gasteiger partial charge in [0.1, 0.15) is 30.5 Å². The molecule has 10 heteroatoms. The second-order valence-electron chi connectivity index (χ2n) is 9.64. The number of rotatable bonds is 8. The quantitative estimate of drug-likeness (QED) is 0.456. The maximum atomic E-state index is 13.5. The van der Waals surface area contributed by atoms with Crippen molar-refractivity contribution in [3.8, 4) is 17.2 Å².